The normalized spacial score (nSPS) is 10.3. The van der Waals surface area contributed by atoms with Crippen LogP contribution in [0.4, 0.5) is 0 Å². The van der Waals surface area contributed by atoms with Crippen molar-refractivity contribution in [3.05, 3.63) is 71.8 Å². The molecule has 0 atom stereocenters. The van der Waals surface area contributed by atoms with Crippen LogP contribution in [-0.4, -0.2) is 13.2 Å². The smallest absolute Gasteiger partial charge is 0.161 e. The van der Waals surface area contributed by atoms with Crippen molar-refractivity contribution in [3.8, 4) is 11.5 Å². The van der Waals surface area contributed by atoms with Crippen molar-refractivity contribution in [2.75, 3.05) is 13.2 Å². The molecule has 0 saturated heterocycles. The molecule has 0 fully saturated rings. The molecule has 0 aliphatic heterocycles. The molecule has 0 unspecified atom stereocenters. The minimum atomic E-state index is 0.542. The summed E-state index contributed by atoms with van der Waals surface area (Å²) in [7, 11) is 0. The van der Waals surface area contributed by atoms with Crippen LogP contribution in [0, 0.1) is 6.92 Å². The molecule has 23 heavy (non-hydrogen) atoms. The van der Waals surface area contributed by atoms with Gasteiger partial charge in [0.25, 0.3) is 0 Å². The lowest BCUT2D eigenvalue weighted by Gasteiger charge is -2.14. The van der Waals surface area contributed by atoms with E-state index in [2.05, 4.69) is 37.0 Å². The quantitative estimate of drug-likeness (QED) is 0.555. The molecule has 3 heteroatoms. The Labute approximate surface area is 138 Å². The van der Waals surface area contributed by atoms with Gasteiger partial charge in [-0.2, -0.15) is 0 Å². The van der Waals surface area contributed by atoms with Crippen LogP contribution >= 0.6 is 0 Å². The number of ether oxygens (including phenoxy) is 2. The third-order valence-corrected chi connectivity index (χ3v) is 3.57. The third-order valence-electron chi connectivity index (χ3n) is 3.57. The first kappa shape index (κ1) is 17.1. The molecule has 3 nitrogen and oxygen atoms in total. The van der Waals surface area contributed by atoms with Gasteiger partial charge in [0.05, 0.1) is 6.61 Å². The van der Waals surface area contributed by atoms with Crippen molar-refractivity contribution in [2.24, 2.45) is 0 Å². The maximum absolute atomic E-state index is 5.98. The number of nitrogens with one attached hydrogen (secondary N) is 1. The van der Waals surface area contributed by atoms with Crippen LogP contribution in [0.5, 0.6) is 11.5 Å². The van der Waals surface area contributed by atoms with Gasteiger partial charge in [0.1, 0.15) is 6.61 Å². The Morgan fingerprint density at radius 3 is 2.65 bits per heavy atom. The molecule has 0 bridgehead atoms. The van der Waals surface area contributed by atoms with Gasteiger partial charge >= 0.3 is 0 Å². The summed E-state index contributed by atoms with van der Waals surface area (Å²) in [6.07, 6.45) is 1.85. The standard InChI is InChI=1S/C20H25NO2/c1-4-12-21-14-17-10-11-19(20(13-17)22-5-2)23-15-18-9-7-6-8-16(18)3/h4,6-11,13,21H,1,5,12,14-15H2,2-3H3. The Balaban J connectivity index is 2.07. The molecule has 1 N–H and O–H groups in total. The van der Waals surface area contributed by atoms with Crippen molar-refractivity contribution in [3.63, 3.8) is 0 Å². The van der Waals surface area contributed by atoms with Gasteiger partial charge in [-0.05, 0) is 42.7 Å². The van der Waals surface area contributed by atoms with Crippen LogP contribution < -0.4 is 14.8 Å². The molecule has 0 radical (unpaired) electrons. The highest BCUT2D eigenvalue weighted by molar-refractivity contribution is 5.43. The summed E-state index contributed by atoms with van der Waals surface area (Å²) in [5, 5.41) is 3.29. The zero-order chi connectivity index (χ0) is 16.5. The summed E-state index contributed by atoms with van der Waals surface area (Å²) < 4.78 is 11.7. The average molecular weight is 311 g/mol. The van der Waals surface area contributed by atoms with E-state index in [4.69, 9.17) is 9.47 Å². The Kier molecular flexibility index (Phi) is 6.70. The van der Waals surface area contributed by atoms with Gasteiger partial charge in [-0.3, -0.25) is 0 Å². The number of hydrogen-bond donors (Lipinski definition) is 1. The van der Waals surface area contributed by atoms with E-state index in [1.54, 1.807) is 0 Å². The topological polar surface area (TPSA) is 30.5 Å². The molecule has 2 aromatic rings. The van der Waals surface area contributed by atoms with Crippen molar-refractivity contribution in [2.45, 2.75) is 27.0 Å². The molecule has 0 saturated carbocycles. The zero-order valence-corrected chi connectivity index (χ0v) is 14.0. The first-order valence-corrected chi connectivity index (χ1v) is 7.99. The van der Waals surface area contributed by atoms with Crippen LogP contribution in [0.15, 0.2) is 55.1 Å². The molecular weight excluding hydrogens is 286 g/mol. The molecule has 0 spiro atoms. The molecule has 0 aliphatic rings. The Hall–Kier alpha value is -2.26. The number of benzene rings is 2. The van der Waals surface area contributed by atoms with Gasteiger partial charge in [0.15, 0.2) is 11.5 Å². The van der Waals surface area contributed by atoms with Crippen LogP contribution in [0.2, 0.25) is 0 Å². The highest BCUT2D eigenvalue weighted by Crippen LogP contribution is 2.29. The van der Waals surface area contributed by atoms with Crippen molar-refractivity contribution >= 4 is 0 Å². The van der Waals surface area contributed by atoms with E-state index in [-0.39, 0.29) is 0 Å². The van der Waals surface area contributed by atoms with Crippen LogP contribution in [-0.2, 0) is 13.2 Å². The van der Waals surface area contributed by atoms with Gasteiger partial charge in [-0.25, -0.2) is 0 Å². The zero-order valence-electron chi connectivity index (χ0n) is 14.0. The predicted molar refractivity (Wildman–Crippen MR) is 95.0 cm³/mol. The second-order valence-electron chi connectivity index (χ2n) is 5.35. The predicted octanol–water partition coefficient (Wildman–Crippen LogP) is 4.25. The number of aryl methyl sites for hydroxylation is 1. The molecule has 122 valence electrons. The van der Waals surface area contributed by atoms with Crippen LogP contribution in [0.1, 0.15) is 23.6 Å². The highest BCUT2D eigenvalue weighted by Gasteiger charge is 2.07. The first-order valence-electron chi connectivity index (χ1n) is 7.99. The Morgan fingerprint density at radius 2 is 1.91 bits per heavy atom. The van der Waals surface area contributed by atoms with E-state index in [0.717, 1.165) is 24.6 Å². The van der Waals surface area contributed by atoms with Gasteiger partial charge in [-0.1, -0.05) is 36.4 Å². The van der Waals surface area contributed by atoms with E-state index in [1.165, 1.54) is 16.7 Å². The van der Waals surface area contributed by atoms with Crippen LogP contribution in [0.25, 0.3) is 0 Å². The SMILES string of the molecule is C=CCNCc1ccc(OCc2ccccc2C)c(OCC)c1. The van der Waals surface area contributed by atoms with Crippen molar-refractivity contribution < 1.29 is 9.47 Å². The second-order valence-corrected chi connectivity index (χ2v) is 5.35. The third kappa shape index (κ3) is 5.15. The molecule has 0 amide bonds. The Morgan fingerprint density at radius 1 is 1.09 bits per heavy atom. The summed E-state index contributed by atoms with van der Waals surface area (Å²) in [5.41, 5.74) is 3.58. The van der Waals surface area contributed by atoms with Gasteiger partial charge in [0.2, 0.25) is 0 Å². The summed E-state index contributed by atoms with van der Waals surface area (Å²) in [6.45, 7) is 10.5. The minimum absolute atomic E-state index is 0.542. The summed E-state index contributed by atoms with van der Waals surface area (Å²) in [5.74, 6) is 1.57. The summed E-state index contributed by atoms with van der Waals surface area (Å²) in [6, 6.07) is 14.3. The molecule has 0 aliphatic carbocycles. The molecular formula is C20H25NO2. The van der Waals surface area contributed by atoms with E-state index in [9.17, 15) is 0 Å². The monoisotopic (exact) mass is 311 g/mol. The molecule has 0 heterocycles. The van der Waals surface area contributed by atoms with E-state index < -0.39 is 0 Å². The van der Waals surface area contributed by atoms with Crippen molar-refractivity contribution in [1.29, 1.82) is 0 Å². The van der Waals surface area contributed by atoms with Crippen LogP contribution in [0.3, 0.4) is 0 Å². The lowest BCUT2D eigenvalue weighted by atomic mass is 10.1. The highest BCUT2D eigenvalue weighted by atomic mass is 16.5. The van der Waals surface area contributed by atoms with E-state index >= 15 is 0 Å². The minimum Gasteiger partial charge on any atom is -0.490 e. The van der Waals surface area contributed by atoms with Gasteiger partial charge in [-0.15, -0.1) is 6.58 Å². The maximum atomic E-state index is 5.98. The maximum Gasteiger partial charge on any atom is 0.161 e. The second kappa shape index (κ2) is 9.01. The summed E-state index contributed by atoms with van der Waals surface area (Å²) >= 11 is 0. The van der Waals surface area contributed by atoms with Gasteiger partial charge < -0.3 is 14.8 Å². The summed E-state index contributed by atoms with van der Waals surface area (Å²) in [4.78, 5) is 0. The molecule has 2 aromatic carbocycles. The van der Waals surface area contributed by atoms with E-state index in [0.29, 0.717) is 13.2 Å². The molecule has 0 aromatic heterocycles. The molecule has 2 rings (SSSR count). The fraction of sp³-hybridized carbons (Fsp3) is 0.300. The largest absolute Gasteiger partial charge is 0.490 e. The lowest BCUT2D eigenvalue weighted by Crippen LogP contribution is -2.12. The lowest BCUT2D eigenvalue weighted by molar-refractivity contribution is 0.268. The average Bonchev–Trinajstić information content (AvgIpc) is 2.56. The van der Waals surface area contributed by atoms with Crippen molar-refractivity contribution in [1.82, 2.24) is 5.32 Å². The number of hydrogen-bond acceptors (Lipinski definition) is 3. The fourth-order valence-corrected chi connectivity index (χ4v) is 2.30. The van der Waals surface area contributed by atoms with Gasteiger partial charge in [0, 0.05) is 13.1 Å². The Bertz CT molecular complexity index is 637. The number of rotatable bonds is 9. The first-order chi connectivity index (χ1) is 11.2. The van der Waals surface area contributed by atoms with E-state index in [1.807, 2.05) is 37.3 Å². The fourth-order valence-electron chi connectivity index (χ4n) is 2.30.